The summed E-state index contributed by atoms with van der Waals surface area (Å²) in [5.74, 6) is -0.208. The van der Waals surface area contributed by atoms with Gasteiger partial charge >= 0.3 is 0 Å². The van der Waals surface area contributed by atoms with Crippen LogP contribution in [0.1, 0.15) is 21.5 Å². The summed E-state index contributed by atoms with van der Waals surface area (Å²) in [5.41, 5.74) is 2.83. The van der Waals surface area contributed by atoms with Gasteiger partial charge in [-0.1, -0.05) is 12.1 Å². The van der Waals surface area contributed by atoms with Crippen molar-refractivity contribution in [2.75, 3.05) is 12.4 Å². The van der Waals surface area contributed by atoms with Crippen LogP contribution in [0.15, 0.2) is 41.3 Å². The Bertz CT molecular complexity index is 702. The van der Waals surface area contributed by atoms with E-state index in [1.807, 2.05) is 12.1 Å². The van der Waals surface area contributed by atoms with E-state index in [1.165, 1.54) is 10.6 Å². The van der Waals surface area contributed by atoms with Gasteiger partial charge in [0.15, 0.2) is 0 Å². The molecule has 1 aromatic carbocycles. The topological polar surface area (TPSA) is 60.3 Å². The second-order valence-corrected chi connectivity index (χ2v) is 4.90. The number of aromatic nitrogens is 1. The fraction of sp³-hybridized carbons (Fsp3) is 0.250. The smallest absolute Gasteiger partial charge is 0.255 e. The predicted molar refractivity (Wildman–Crippen MR) is 81.5 cm³/mol. The molecule has 1 heterocycles. The maximum Gasteiger partial charge on any atom is 0.255 e. The van der Waals surface area contributed by atoms with Gasteiger partial charge in [0, 0.05) is 32.0 Å². The van der Waals surface area contributed by atoms with Gasteiger partial charge in [0.2, 0.25) is 0 Å². The van der Waals surface area contributed by atoms with Crippen LogP contribution >= 0.6 is 0 Å². The predicted octanol–water partition coefficient (Wildman–Crippen LogP) is 2.09. The minimum Gasteiger partial charge on any atom is -0.380 e. The quantitative estimate of drug-likeness (QED) is 0.936. The van der Waals surface area contributed by atoms with E-state index in [1.54, 1.807) is 39.4 Å². The molecule has 21 heavy (non-hydrogen) atoms. The van der Waals surface area contributed by atoms with Crippen LogP contribution < -0.4 is 10.9 Å². The van der Waals surface area contributed by atoms with Crippen molar-refractivity contribution in [3.8, 4) is 0 Å². The van der Waals surface area contributed by atoms with Gasteiger partial charge in [0.05, 0.1) is 12.3 Å². The van der Waals surface area contributed by atoms with Gasteiger partial charge in [0.1, 0.15) is 0 Å². The first-order chi connectivity index (χ1) is 10.0. The van der Waals surface area contributed by atoms with Crippen molar-refractivity contribution in [3.05, 3.63) is 63.6 Å². The van der Waals surface area contributed by atoms with Crippen molar-refractivity contribution in [2.45, 2.75) is 13.5 Å². The van der Waals surface area contributed by atoms with E-state index in [2.05, 4.69) is 5.32 Å². The van der Waals surface area contributed by atoms with Crippen LogP contribution in [0.2, 0.25) is 0 Å². The van der Waals surface area contributed by atoms with Crippen LogP contribution in [0, 0.1) is 6.92 Å². The largest absolute Gasteiger partial charge is 0.380 e. The molecule has 0 saturated carbocycles. The van der Waals surface area contributed by atoms with Gasteiger partial charge in [0.25, 0.3) is 11.5 Å². The Morgan fingerprint density at radius 3 is 2.57 bits per heavy atom. The summed E-state index contributed by atoms with van der Waals surface area (Å²) >= 11 is 0. The summed E-state index contributed by atoms with van der Waals surface area (Å²) in [6.07, 6.45) is 1.62. The number of carbonyl (C=O) groups excluding carboxylic acids is 1. The highest BCUT2D eigenvalue weighted by atomic mass is 16.5. The fourth-order valence-corrected chi connectivity index (χ4v) is 1.97. The highest BCUT2D eigenvalue weighted by Gasteiger charge is 2.09. The first-order valence-corrected chi connectivity index (χ1v) is 6.58. The van der Waals surface area contributed by atoms with Crippen molar-refractivity contribution in [1.82, 2.24) is 4.57 Å². The summed E-state index contributed by atoms with van der Waals surface area (Å²) in [5, 5.41) is 2.82. The molecule has 0 aliphatic heterocycles. The normalized spacial score (nSPS) is 10.4. The number of anilines is 1. The molecule has 0 saturated heterocycles. The molecule has 0 aliphatic carbocycles. The molecule has 0 fully saturated rings. The van der Waals surface area contributed by atoms with E-state index in [9.17, 15) is 9.59 Å². The zero-order valence-corrected chi connectivity index (χ0v) is 12.3. The lowest BCUT2D eigenvalue weighted by molar-refractivity contribution is 0.102. The van der Waals surface area contributed by atoms with E-state index in [-0.39, 0.29) is 11.5 Å². The summed E-state index contributed by atoms with van der Waals surface area (Å²) in [6.45, 7) is 2.31. The van der Waals surface area contributed by atoms with Gasteiger partial charge in [-0.05, 0) is 30.2 Å². The molecular formula is C16H18N2O3. The minimum absolute atomic E-state index is 0.102. The van der Waals surface area contributed by atoms with E-state index >= 15 is 0 Å². The number of carbonyl (C=O) groups is 1. The molecule has 2 rings (SSSR count). The molecule has 2 aromatic rings. The number of nitrogens with one attached hydrogen (secondary N) is 1. The van der Waals surface area contributed by atoms with Crippen molar-refractivity contribution in [2.24, 2.45) is 7.05 Å². The van der Waals surface area contributed by atoms with Gasteiger partial charge in [-0.25, -0.2) is 0 Å². The maximum absolute atomic E-state index is 12.2. The third kappa shape index (κ3) is 3.58. The average Bonchev–Trinajstić information content (AvgIpc) is 2.46. The maximum atomic E-state index is 12.2. The molecule has 1 aromatic heterocycles. The molecule has 5 heteroatoms. The van der Waals surface area contributed by atoms with E-state index in [0.717, 1.165) is 11.1 Å². The Morgan fingerprint density at radius 1 is 1.29 bits per heavy atom. The van der Waals surface area contributed by atoms with Crippen molar-refractivity contribution >= 4 is 11.6 Å². The number of hydrogen-bond donors (Lipinski definition) is 1. The molecule has 1 amide bonds. The van der Waals surface area contributed by atoms with Crippen molar-refractivity contribution in [3.63, 3.8) is 0 Å². The lowest BCUT2D eigenvalue weighted by Crippen LogP contribution is -2.19. The fourth-order valence-electron chi connectivity index (χ4n) is 1.97. The first kappa shape index (κ1) is 15.0. The number of pyridine rings is 1. The van der Waals surface area contributed by atoms with Gasteiger partial charge in [-0.3, -0.25) is 9.59 Å². The van der Waals surface area contributed by atoms with E-state index in [0.29, 0.717) is 17.9 Å². The SMILES string of the molecule is COCc1ccc(C(=O)Nc2cn(C)c(=O)cc2C)cc1. The molecule has 5 nitrogen and oxygen atoms in total. The Balaban J connectivity index is 2.18. The number of benzene rings is 1. The van der Waals surface area contributed by atoms with Gasteiger partial charge < -0.3 is 14.6 Å². The number of nitrogens with zero attached hydrogens (tertiary/aromatic N) is 1. The summed E-state index contributed by atoms with van der Waals surface area (Å²) in [6, 6.07) is 8.71. The number of rotatable bonds is 4. The zero-order valence-electron chi connectivity index (χ0n) is 12.3. The molecular weight excluding hydrogens is 268 g/mol. The Kier molecular flexibility index (Phi) is 4.55. The molecule has 0 spiro atoms. The third-order valence-electron chi connectivity index (χ3n) is 3.21. The Morgan fingerprint density at radius 2 is 1.95 bits per heavy atom. The molecule has 0 bridgehead atoms. The van der Waals surface area contributed by atoms with Crippen LogP contribution in [0.3, 0.4) is 0 Å². The van der Waals surface area contributed by atoms with Gasteiger partial charge in [-0.2, -0.15) is 0 Å². The average molecular weight is 286 g/mol. The van der Waals surface area contributed by atoms with Crippen LogP contribution in [-0.4, -0.2) is 17.6 Å². The summed E-state index contributed by atoms with van der Waals surface area (Å²) < 4.78 is 6.47. The summed E-state index contributed by atoms with van der Waals surface area (Å²) in [7, 11) is 3.28. The van der Waals surface area contributed by atoms with Crippen LogP contribution in [0.4, 0.5) is 5.69 Å². The first-order valence-electron chi connectivity index (χ1n) is 6.58. The molecule has 110 valence electrons. The highest BCUT2D eigenvalue weighted by Crippen LogP contribution is 2.13. The number of hydrogen-bond acceptors (Lipinski definition) is 3. The minimum atomic E-state index is -0.208. The van der Waals surface area contributed by atoms with Crippen molar-refractivity contribution < 1.29 is 9.53 Å². The lowest BCUT2D eigenvalue weighted by atomic mass is 10.1. The number of amides is 1. The monoisotopic (exact) mass is 286 g/mol. The second kappa shape index (κ2) is 6.37. The highest BCUT2D eigenvalue weighted by molar-refractivity contribution is 6.04. The van der Waals surface area contributed by atoms with Crippen LogP contribution in [-0.2, 0) is 18.4 Å². The molecule has 0 aliphatic rings. The Labute approximate surface area is 123 Å². The van der Waals surface area contributed by atoms with Crippen molar-refractivity contribution in [1.29, 1.82) is 0 Å². The molecule has 0 radical (unpaired) electrons. The third-order valence-corrected chi connectivity index (χ3v) is 3.21. The lowest BCUT2D eigenvalue weighted by Gasteiger charge is -2.10. The molecule has 0 unspecified atom stereocenters. The zero-order chi connectivity index (χ0) is 15.4. The van der Waals surface area contributed by atoms with Gasteiger partial charge in [-0.15, -0.1) is 0 Å². The van der Waals surface area contributed by atoms with Crippen LogP contribution in [0.5, 0.6) is 0 Å². The number of aryl methyl sites for hydroxylation is 2. The Hall–Kier alpha value is -2.40. The van der Waals surface area contributed by atoms with Crippen LogP contribution in [0.25, 0.3) is 0 Å². The standard InChI is InChI=1S/C16H18N2O3/c1-11-8-15(19)18(2)9-14(11)17-16(20)13-6-4-12(5-7-13)10-21-3/h4-9H,10H2,1-3H3,(H,17,20). The van der Waals surface area contributed by atoms with E-state index in [4.69, 9.17) is 4.74 Å². The van der Waals surface area contributed by atoms with E-state index < -0.39 is 0 Å². The molecule has 0 atom stereocenters. The number of ether oxygens (including phenoxy) is 1. The summed E-state index contributed by atoms with van der Waals surface area (Å²) in [4.78, 5) is 23.7. The second-order valence-electron chi connectivity index (χ2n) is 4.90. The number of methoxy groups -OCH3 is 1. The molecule has 1 N–H and O–H groups in total.